The highest BCUT2D eigenvalue weighted by Gasteiger charge is 2.03. The summed E-state index contributed by atoms with van der Waals surface area (Å²) in [6.07, 6.45) is 0.755. The van der Waals surface area contributed by atoms with Gasteiger partial charge >= 0.3 is 0 Å². The summed E-state index contributed by atoms with van der Waals surface area (Å²) in [5, 5.41) is 1.82. The fourth-order valence-corrected chi connectivity index (χ4v) is 1.49. The molecule has 0 saturated heterocycles. The molecule has 70 valence electrons. The normalized spacial score (nSPS) is 10.3. The van der Waals surface area contributed by atoms with Gasteiger partial charge in [-0.15, -0.1) is 0 Å². The number of nitrogen functional groups attached to an aromatic ring is 2. The number of fused-ring (bicyclic) bond motifs is 1. The molecule has 3 nitrogen and oxygen atoms in total. The van der Waals surface area contributed by atoms with Gasteiger partial charge in [-0.3, -0.25) is 4.79 Å². The third-order valence-electron chi connectivity index (χ3n) is 2.25. The summed E-state index contributed by atoms with van der Waals surface area (Å²) in [4.78, 5) is 10.6. The van der Waals surface area contributed by atoms with Crippen molar-refractivity contribution >= 4 is 28.4 Å². The first-order valence-electron chi connectivity index (χ1n) is 4.25. The highest BCUT2D eigenvalue weighted by Crippen LogP contribution is 2.25. The summed E-state index contributed by atoms with van der Waals surface area (Å²) in [5.41, 5.74) is 13.2. The number of rotatable bonds is 1. The molecule has 0 aliphatic rings. The Hall–Kier alpha value is -2.03. The van der Waals surface area contributed by atoms with E-state index in [4.69, 9.17) is 11.5 Å². The second-order valence-corrected chi connectivity index (χ2v) is 3.17. The predicted molar refractivity (Wildman–Crippen MR) is 58.2 cm³/mol. The van der Waals surface area contributed by atoms with E-state index in [9.17, 15) is 4.79 Å². The van der Waals surface area contributed by atoms with Crippen LogP contribution in [0.4, 0.5) is 11.4 Å². The molecule has 14 heavy (non-hydrogen) atoms. The molecule has 0 unspecified atom stereocenters. The molecule has 0 aliphatic heterocycles. The van der Waals surface area contributed by atoms with E-state index in [-0.39, 0.29) is 0 Å². The van der Waals surface area contributed by atoms with Crippen LogP contribution in [0.5, 0.6) is 0 Å². The van der Waals surface area contributed by atoms with E-state index in [0.29, 0.717) is 16.9 Å². The first kappa shape index (κ1) is 8.56. The summed E-state index contributed by atoms with van der Waals surface area (Å²) >= 11 is 0. The van der Waals surface area contributed by atoms with Gasteiger partial charge in [-0.25, -0.2) is 0 Å². The Morgan fingerprint density at radius 2 is 1.86 bits per heavy atom. The van der Waals surface area contributed by atoms with Gasteiger partial charge in [0.05, 0.1) is 0 Å². The lowest BCUT2D eigenvalue weighted by molar-refractivity contribution is 0.112. The van der Waals surface area contributed by atoms with Crippen molar-refractivity contribution in [1.82, 2.24) is 0 Å². The number of nitrogens with two attached hydrogens (primary N) is 2. The first-order chi connectivity index (χ1) is 6.72. The minimum atomic E-state index is 0.512. The quantitative estimate of drug-likeness (QED) is 0.527. The van der Waals surface area contributed by atoms with Crippen molar-refractivity contribution in [2.75, 3.05) is 11.5 Å². The van der Waals surface area contributed by atoms with Crippen molar-refractivity contribution in [1.29, 1.82) is 0 Å². The minimum Gasteiger partial charge on any atom is -0.399 e. The van der Waals surface area contributed by atoms with Gasteiger partial charge in [0.25, 0.3) is 0 Å². The number of hydrogen-bond donors (Lipinski definition) is 2. The molecule has 0 radical (unpaired) electrons. The standard InChI is InChI=1S/C11H10N2O/c12-9-3-4-10-7(5-9)1-2-8(6-14)11(10)13/h1-6H,12-13H2. The Morgan fingerprint density at radius 3 is 2.57 bits per heavy atom. The highest BCUT2D eigenvalue weighted by atomic mass is 16.1. The van der Waals surface area contributed by atoms with Crippen LogP contribution < -0.4 is 11.5 Å². The van der Waals surface area contributed by atoms with Crippen molar-refractivity contribution in [2.45, 2.75) is 0 Å². The van der Waals surface area contributed by atoms with Gasteiger partial charge in [-0.05, 0) is 23.6 Å². The van der Waals surface area contributed by atoms with Gasteiger partial charge in [0, 0.05) is 22.3 Å². The molecule has 0 bridgehead atoms. The van der Waals surface area contributed by atoms with Crippen molar-refractivity contribution in [2.24, 2.45) is 0 Å². The molecule has 0 amide bonds. The summed E-state index contributed by atoms with van der Waals surface area (Å²) in [5.74, 6) is 0. The minimum absolute atomic E-state index is 0.512. The van der Waals surface area contributed by atoms with E-state index in [2.05, 4.69) is 0 Å². The summed E-state index contributed by atoms with van der Waals surface area (Å²) < 4.78 is 0. The van der Waals surface area contributed by atoms with E-state index in [0.717, 1.165) is 17.1 Å². The fourth-order valence-electron chi connectivity index (χ4n) is 1.49. The third-order valence-corrected chi connectivity index (χ3v) is 2.25. The van der Waals surface area contributed by atoms with Crippen molar-refractivity contribution in [3.63, 3.8) is 0 Å². The molecule has 4 N–H and O–H groups in total. The number of carbonyl (C=O) groups excluding carboxylic acids is 1. The molecular formula is C11H10N2O. The maximum atomic E-state index is 10.6. The van der Waals surface area contributed by atoms with E-state index < -0.39 is 0 Å². The van der Waals surface area contributed by atoms with Gasteiger partial charge in [-0.2, -0.15) is 0 Å². The van der Waals surface area contributed by atoms with Crippen LogP contribution in [0.2, 0.25) is 0 Å². The predicted octanol–water partition coefficient (Wildman–Crippen LogP) is 1.82. The Balaban J connectivity index is 2.83. The van der Waals surface area contributed by atoms with Crippen molar-refractivity contribution in [3.8, 4) is 0 Å². The van der Waals surface area contributed by atoms with Gasteiger partial charge in [0.15, 0.2) is 6.29 Å². The molecule has 0 aliphatic carbocycles. The van der Waals surface area contributed by atoms with Crippen LogP contribution in [0.3, 0.4) is 0 Å². The molecule has 2 aromatic carbocycles. The maximum absolute atomic E-state index is 10.6. The second kappa shape index (κ2) is 3.03. The van der Waals surface area contributed by atoms with Crippen LogP contribution in [0.1, 0.15) is 10.4 Å². The SMILES string of the molecule is Nc1ccc2c(N)c(C=O)ccc2c1. The second-order valence-electron chi connectivity index (χ2n) is 3.17. The molecule has 0 atom stereocenters. The largest absolute Gasteiger partial charge is 0.399 e. The molecule has 0 spiro atoms. The van der Waals surface area contributed by atoms with Crippen LogP contribution >= 0.6 is 0 Å². The highest BCUT2D eigenvalue weighted by molar-refractivity contribution is 6.01. The molecular weight excluding hydrogens is 176 g/mol. The fraction of sp³-hybridized carbons (Fsp3) is 0. The summed E-state index contributed by atoms with van der Waals surface area (Å²) in [6.45, 7) is 0. The van der Waals surface area contributed by atoms with E-state index in [1.165, 1.54) is 0 Å². The summed E-state index contributed by atoms with van der Waals surface area (Å²) in [6, 6.07) is 8.97. The number of benzene rings is 2. The average molecular weight is 186 g/mol. The molecule has 0 aromatic heterocycles. The number of hydrogen-bond acceptors (Lipinski definition) is 3. The number of aldehydes is 1. The smallest absolute Gasteiger partial charge is 0.152 e. The lowest BCUT2D eigenvalue weighted by Gasteiger charge is -2.04. The van der Waals surface area contributed by atoms with Gasteiger partial charge in [-0.1, -0.05) is 12.1 Å². The Bertz CT molecular complexity index is 506. The molecule has 3 heteroatoms. The number of anilines is 2. The van der Waals surface area contributed by atoms with Gasteiger partial charge in [0.1, 0.15) is 0 Å². The first-order valence-corrected chi connectivity index (χ1v) is 4.25. The maximum Gasteiger partial charge on any atom is 0.152 e. The van der Waals surface area contributed by atoms with Crippen LogP contribution in [0.15, 0.2) is 30.3 Å². The topological polar surface area (TPSA) is 69.1 Å². The Labute approximate surface area is 81.3 Å². The molecule has 2 aromatic rings. The van der Waals surface area contributed by atoms with Crippen LogP contribution in [0.25, 0.3) is 10.8 Å². The molecule has 0 saturated carbocycles. The number of carbonyl (C=O) groups is 1. The van der Waals surface area contributed by atoms with Crippen LogP contribution in [-0.2, 0) is 0 Å². The van der Waals surface area contributed by atoms with E-state index in [1.807, 2.05) is 18.2 Å². The zero-order valence-corrected chi connectivity index (χ0v) is 7.53. The van der Waals surface area contributed by atoms with Gasteiger partial charge < -0.3 is 11.5 Å². The van der Waals surface area contributed by atoms with Crippen molar-refractivity contribution in [3.05, 3.63) is 35.9 Å². The van der Waals surface area contributed by atoms with Crippen molar-refractivity contribution < 1.29 is 4.79 Å². The zero-order valence-electron chi connectivity index (χ0n) is 7.53. The van der Waals surface area contributed by atoms with Crippen LogP contribution in [-0.4, -0.2) is 6.29 Å². The van der Waals surface area contributed by atoms with Gasteiger partial charge in [0.2, 0.25) is 0 Å². The third kappa shape index (κ3) is 1.19. The average Bonchev–Trinajstić information content (AvgIpc) is 2.18. The molecule has 0 heterocycles. The lowest BCUT2D eigenvalue weighted by atomic mass is 10.0. The Morgan fingerprint density at radius 1 is 1.07 bits per heavy atom. The zero-order chi connectivity index (χ0) is 10.1. The monoisotopic (exact) mass is 186 g/mol. The summed E-state index contributed by atoms with van der Waals surface area (Å²) in [7, 11) is 0. The molecule has 2 rings (SSSR count). The lowest BCUT2D eigenvalue weighted by Crippen LogP contribution is -1.94. The van der Waals surface area contributed by atoms with E-state index >= 15 is 0 Å². The van der Waals surface area contributed by atoms with E-state index in [1.54, 1.807) is 12.1 Å². The Kier molecular flexibility index (Phi) is 1.85. The molecule has 0 fully saturated rings. The van der Waals surface area contributed by atoms with Crippen LogP contribution in [0, 0.1) is 0 Å².